The first kappa shape index (κ1) is 13.8. The fourth-order valence-corrected chi connectivity index (χ4v) is 2.25. The molecule has 1 N–H and O–H groups in total. The molecule has 2 aromatic rings. The predicted octanol–water partition coefficient (Wildman–Crippen LogP) is 4.29. The maximum absolute atomic E-state index is 3.37. The van der Waals surface area contributed by atoms with Crippen molar-refractivity contribution in [3.8, 4) is 11.1 Å². The van der Waals surface area contributed by atoms with Crippen LogP contribution in [0.15, 0.2) is 54.6 Å². The Bertz CT molecular complexity index is 459. The van der Waals surface area contributed by atoms with Crippen LogP contribution in [0.2, 0.25) is 0 Å². The van der Waals surface area contributed by atoms with Gasteiger partial charge in [-0.3, -0.25) is 0 Å². The number of hydrogen-bond donors (Lipinski definition) is 1. The van der Waals surface area contributed by atoms with Gasteiger partial charge in [0.25, 0.3) is 0 Å². The molecule has 0 bridgehead atoms. The molecule has 0 aromatic heterocycles. The lowest BCUT2D eigenvalue weighted by Crippen LogP contribution is -2.13. The van der Waals surface area contributed by atoms with Gasteiger partial charge in [0.2, 0.25) is 0 Å². The monoisotopic (exact) mass is 253 g/mol. The van der Waals surface area contributed by atoms with Gasteiger partial charge in [0.05, 0.1) is 0 Å². The standard InChI is InChI=1S/C18H23N/c1-2-19-15-7-6-8-16-11-13-18(14-12-16)17-9-4-3-5-10-17/h3-5,9-14,19H,2,6-8,15H2,1H3. The van der Waals surface area contributed by atoms with Crippen LogP contribution in [-0.4, -0.2) is 13.1 Å². The van der Waals surface area contributed by atoms with Crippen molar-refractivity contribution in [1.29, 1.82) is 0 Å². The highest BCUT2D eigenvalue weighted by Crippen LogP contribution is 2.19. The molecule has 0 saturated heterocycles. The van der Waals surface area contributed by atoms with E-state index in [0.29, 0.717) is 0 Å². The van der Waals surface area contributed by atoms with E-state index in [-0.39, 0.29) is 0 Å². The fourth-order valence-electron chi connectivity index (χ4n) is 2.25. The van der Waals surface area contributed by atoms with Gasteiger partial charge < -0.3 is 5.32 Å². The molecule has 2 aromatic carbocycles. The van der Waals surface area contributed by atoms with Crippen molar-refractivity contribution in [3.05, 3.63) is 60.2 Å². The van der Waals surface area contributed by atoms with Crippen molar-refractivity contribution >= 4 is 0 Å². The maximum atomic E-state index is 3.37. The minimum Gasteiger partial charge on any atom is -0.317 e. The van der Waals surface area contributed by atoms with Crippen LogP contribution >= 0.6 is 0 Å². The molecule has 0 radical (unpaired) electrons. The summed E-state index contributed by atoms with van der Waals surface area (Å²) in [5, 5.41) is 3.37. The molecule has 100 valence electrons. The van der Waals surface area contributed by atoms with Crippen LogP contribution in [0.1, 0.15) is 25.3 Å². The summed E-state index contributed by atoms with van der Waals surface area (Å²) >= 11 is 0. The van der Waals surface area contributed by atoms with Gasteiger partial charge in [-0.05, 0) is 49.0 Å². The van der Waals surface area contributed by atoms with Crippen molar-refractivity contribution < 1.29 is 0 Å². The molecular weight excluding hydrogens is 230 g/mol. The van der Waals surface area contributed by atoms with E-state index in [0.717, 1.165) is 13.1 Å². The molecule has 0 unspecified atom stereocenters. The summed E-state index contributed by atoms with van der Waals surface area (Å²) in [4.78, 5) is 0. The van der Waals surface area contributed by atoms with Crippen molar-refractivity contribution in [2.24, 2.45) is 0 Å². The third kappa shape index (κ3) is 4.53. The Morgan fingerprint density at radius 3 is 2.16 bits per heavy atom. The first-order valence-corrected chi connectivity index (χ1v) is 7.25. The van der Waals surface area contributed by atoms with Crippen molar-refractivity contribution in [2.75, 3.05) is 13.1 Å². The van der Waals surface area contributed by atoms with E-state index in [1.807, 2.05) is 0 Å². The van der Waals surface area contributed by atoms with Gasteiger partial charge in [-0.15, -0.1) is 0 Å². The third-order valence-corrected chi connectivity index (χ3v) is 3.38. The van der Waals surface area contributed by atoms with E-state index in [9.17, 15) is 0 Å². The summed E-state index contributed by atoms with van der Waals surface area (Å²) in [5.74, 6) is 0. The summed E-state index contributed by atoms with van der Waals surface area (Å²) < 4.78 is 0. The first-order chi connectivity index (χ1) is 9.40. The van der Waals surface area contributed by atoms with Gasteiger partial charge in [0, 0.05) is 0 Å². The number of nitrogens with one attached hydrogen (secondary N) is 1. The third-order valence-electron chi connectivity index (χ3n) is 3.38. The Balaban J connectivity index is 1.85. The van der Waals surface area contributed by atoms with E-state index in [1.54, 1.807) is 0 Å². The van der Waals surface area contributed by atoms with Crippen molar-refractivity contribution in [1.82, 2.24) is 5.32 Å². The largest absolute Gasteiger partial charge is 0.317 e. The van der Waals surface area contributed by atoms with Gasteiger partial charge in [-0.25, -0.2) is 0 Å². The van der Waals surface area contributed by atoms with Crippen LogP contribution < -0.4 is 5.32 Å². The molecule has 19 heavy (non-hydrogen) atoms. The number of rotatable bonds is 7. The van der Waals surface area contributed by atoms with E-state index in [1.165, 1.54) is 36.0 Å². The minimum absolute atomic E-state index is 1.08. The number of aryl methyl sites for hydroxylation is 1. The van der Waals surface area contributed by atoms with E-state index >= 15 is 0 Å². The summed E-state index contributed by atoms with van der Waals surface area (Å²) in [6.07, 6.45) is 3.70. The average molecular weight is 253 g/mol. The highest BCUT2D eigenvalue weighted by atomic mass is 14.8. The Morgan fingerprint density at radius 1 is 0.789 bits per heavy atom. The molecule has 1 nitrogen and oxygen atoms in total. The smallest absolute Gasteiger partial charge is 0.00489 e. The number of hydrogen-bond acceptors (Lipinski definition) is 1. The molecule has 0 atom stereocenters. The average Bonchev–Trinajstić information content (AvgIpc) is 2.49. The molecule has 0 aliphatic carbocycles. The van der Waals surface area contributed by atoms with Crippen LogP contribution in [0.4, 0.5) is 0 Å². The zero-order chi connectivity index (χ0) is 13.3. The van der Waals surface area contributed by atoms with Crippen LogP contribution in [-0.2, 0) is 6.42 Å². The molecule has 1 heteroatoms. The zero-order valence-corrected chi connectivity index (χ0v) is 11.7. The highest BCUT2D eigenvalue weighted by molar-refractivity contribution is 5.63. The van der Waals surface area contributed by atoms with Gasteiger partial charge in [-0.1, -0.05) is 61.5 Å². The van der Waals surface area contributed by atoms with Gasteiger partial charge in [0.15, 0.2) is 0 Å². The summed E-state index contributed by atoms with van der Waals surface area (Å²) in [6.45, 7) is 4.37. The minimum atomic E-state index is 1.08. The Labute approximate surface area is 116 Å². The van der Waals surface area contributed by atoms with Crippen LogP contribution in [0.25, 0.3) is 11.1 Å². The lowest BCUT2D eigenvalue weighted by atomic mass is 10.0. The van der Waals surface area contributed by atoms with Gasteiger partial charge >= 0.3 is 0 Å². The Hall–Kier alpha value is -1.60. The molecule has 0 heterocycles. The van der Waals surface area contributed by atoms with E-state index < -0.39 is 0 Å². The Kier molecular flexibility index (Phi) is 5.64. The van der Waals surface area contributed by atoms with Crippen molar-refractivity contribution in [3.63, 3.8) is 0 Å². The number of benzene rings is 2. The second kappa shape index (κ2) is 7.75. The van der Waals surface area contributed by atoms with Crippen LogP contribution in [0.3, 0.4) is 0 Å². The molecule has 0 fully saturated rings. The SMILES string of the molecule is CCNCCCCc1ccc(-c2ccccc2)cc1. The topological polar surface area (TPSA) is 12.0 Å². The molecular formula is C18H23N. The molecule has 0 amide bonds. The van der Waals surface area contributed by atoms with Gasteiger partial charge in [-0.2, -0.15) is 0 Å². The van der Waals surface area contributed by atoms with Crippen LogP contribution in [0, 0.1) is 0 Å². The lowest BCUT2D eigenvalue weighted by molar-refractivity contribution is 0.641. The molecule has 2 rings (SSSR count). The quantitative estimate of drug-likeness (QED) is 0.726. The summed E-state index contributed by atoms with van der Waals surface area (Å²) in [7, 11) is 0. The van der Waals surface area contributed by atoms with E-state index in [2.05, 4.69) is 66.8 Å². The lowest BCUT2D eigenvalue weighted by Gasteiger charge is -2.05. The summed E-state index contributed by atoms with van der Waals surface area (Å²) in [6, 6.07) is 19.5. The van der Waals surface area contributed by atoms with Crippen LogP contribution in [0.5, 0.6) is 0 Å². The first-order valence-electron chi connectivity index (χ1n) is 7.25. The number of unbranched alkanes of at least 4 members (excludes halogenated alkanes) is 1. The highest BCUT2D eigenvalue weighted by Gasteiger charge is 1.97. The summed E-state index contributed by atoms with van der Waals surface area (Å²) in [5.41, 5.74) is 4.04. The second-order valence-corrected chi connectivity index (χ2v) is 4.87. The molecule has 0 saturated carbocycles. The molecule has 0 spiro atoms. The Morgan fingerprint density at radius 2 is 1.47 bits per heavy atom. The zero-order valence-electron chi connectivity index (χ0n) is 11.7. The van der Waals surface area contributed by atoms with Crippen molar-refractivity contribution in [2.45, 2.75) is 26.2 Å². The molecule has 0 aliphatic heterocycles. The van der Waals surface area contributed by atoms with E-state index in [4.69, 9.17) is 0 Å². The van der Waals surface area contributed by atoms with Gasteiger partial charge in [0.1, 0.15) is 0 Å². The fraction of sp³-hybridized carbons (Fsp3) is 0.333. The maximum Gasteiger partial charge on any atom is -0.00489 e. The normalized spacial score (nSPS) is 10.6. The molecule has 0 aliphatic rings. The second-order valence-electron chi connectivity index (χ2n) is 4.87. The predicted molar refractivity (Wildman–Crippen MR) is 83.4 cm³/mol.